The molecule has 2 heterocycles. The van der Waals surface area contributed by atoms with E-state index in [1.807, 2.05) is 5.51 Å². The van der Waals surface area contributed by atoms with Crippen LogP contribution >= 0.6 is 11.3 Å². The molecule has 0 radical (unpaired) electrons. The monoisotopic (exact) mass is 259 g/mol. The Hall–Kier alpha value is -1.39. The Morgan fingerprint density at radius 1 is 1.39 bits per heavy atom. The van der Waals surface area contributed by atoms with Crippen molar-refractivity contribution < 1.29 is 0 Å². The minimum absolute atomic E-state index is 0.665. The lowest BCUT2D eigenvalue weighted by atomic mass is 9.94. The van der Waals surface area contributed by atoms with Gasteiger partial charge in [-0.3, -0.25) is 0 Å². The maximum Gasteiger partial charge on any atom is 0.0795 e. The van der Waals surface area contributed by atoms with Gasteiger partial charge in [-0.05, 0) is 24.0 Å². The Kier molecular flexibility index (Phi) is 3.57. The summed E-state index contributed by atoms with van der Waals surface area (Å²) in [5.41, 5.74) is 5.76. The molecule has 0 aliphatic carbocycles. The first kappa shape index (κ1) is 11.7. The van der Waals surface area contributed by atoms with Crippen LogP contribution in [0.15, 0.2) is 35.2 Å². The molecule has 1 aromatic heterocycles. The van der Waals surface area contributed by atoms with Crippen molar-refractivity contribution in [2.24, 2.45) is 5.92 Å². The average molecular weight is 259 g/mol. The summed E-state index contributed by atoms with van der Waals surface area (Å²) in [6, 6.07) is 8.58. The van der Waals surface area contributed by atoms with E-state index in [1.54, 1.807) is 11.3 Å². The molecule has 1 atom stereocenters. The van der Waals surface area contributed by atoms with E-state index in [2.05, 4.69) is 45.3 Å². The number of thiazole rings is 1. The van der Waals surface area contributed by atoms with Gasteiger partial charge in [0.05, 0.1) is 11.2 Å². The fourth-order valence-electron chi connectivity index (χ4n) is 2.38. The Balaban J connectivity index is 1.51. The highest BCUT2D eigenvalue weighted by Crippen LogP contribution is 2.23. The Bertz CT molecular complexity index is 496. The van der Waals surface area contributed by atoms with Crippen molar-refractivity contribution in [1.82, 2.24) is 10.3 Å². The number of fused-ring (bicyclic) bond motifs is 1. The standard InChI is InChI=1S/C14H17N3S/c1-2-4-14-12(3-1)5-11(7-16-14)6-15-8-13-9-18-10-17-13/h1-4,9-11,15-16H,5-8H2. The maximum atomic E-state index is 4.28. The quantitative estimate of drug-likeness (QED) is 0.886. The van der Waals surface area contributed by atoms with Gasteiger partial charge in [0, 0.05) is 30.7 Å². The molecular weight excluding hydrogens is 242 g/mol. The second kappa shape index (κ2) is 5.50. The van der Waals surface area contributed by atoms with Crippen LogP contribution in [0.2, 0.25) is 0 Å². The van der Waals surface area contributed by atoms with Crippen molar-refractivity contribution in [2.75, 3.05) is 18.4 Å². The van der Waals surface area contributed by atoms with Crippen LogP contribution in [-0.4, -0.2) is 18.1 Å². The first-order chi connectivity index (χ1) is 8.92. The number of benzene rings is 1. The van der Waals surface area contributed by atoms with Gasteiger partial charge in [0.15, 0.2) is 0 Å². The molecule has 1 unspecified atom stereocenters. The molecule has 4 heteroatoms. The van der Waals surface area contributed by atoms with E-state index in [1.165, 1.54) is 11.3 Å². The van der Waals surface area contributed by atoms with Crippen LogP contribution in [0.5, 0.6) is 0 Å². The van der Waals surface area contributed by atoms with E-state index in [4.69, 9.17) is 0 Å². The van der Waals surface area contributed by atoms with Crippen LogP contribution in [0.1, 0.15) is 11.3 Å². The number of hydrogen-bond donors (Lipinski definition) is 2. The third-order valence-corrected chi connectivity index (χ3v) is 3.97. The minimum Gasteiger partial charge on any atom is -0.384 e. The molecular formula is C14H17N3S. The molecule has 0 saturated carbocycles. The van der Waals surface area contributed by atoms with Crippen LogP contribution in [0, 0.1) is 5.92 Å². The molecule has 1 aliphatic heterocycles. The van der Waals surface area contributed by atoms with Crippen LogP contribution in [0.25, 0.3) is 0 Å². The lowest BCUT2D eigenvalue weighted by Gasteiger charge is -2.26. The molecule has 94 valence electrons. The summed E-state index contributed by atoms with van der Waals surface area (Å²) in [6.45, 7) is 2.97. The highest BCUT2D eigenvalue weighted by molar-refractivity contribution is 7.07. The van der Waals surface area contributed by atoms with Gasteiger partial charge in [-0.15, -0.1) is 11.3 Å². The molecule has 0 bridgehead atoms. The number of nitrogens with zero attached hydrogens (tertiary/aromatic N) is 1. The van der Waals surface area contributed by atoms with E-state index >= 15 is 0 Å². The van der Waals surface area contributed by atoms with Gasteiger partial charge in [-0.25, -0.2) is 4.98 Å². The van der Waals surface area contributed by atoms with Crippen LogP contribution in [-0.2, 0) is 13.0 Å². The topological polar surface area (TPSA) is 37.0 Å². The Morgan fingerprint density at radius 2 is 2.33 bits per heavy atom. The van der Waals surface area contributed by atoms with E-state index in [0.717, 1.165) is 31.7 Å². The minimum atomic E-state index is 0.665. The summed E-state index contributed by atoms with van der Waals surface area (Å²) >= 11 is 1.65. The molecule has 2 N–H and O–H groups in total. The fourth-order valence-corrected chi connectivity index (χ4v) is 2.94. The van der Waals surface area contributed by atoms with Crippen LogP contribution in [0.3, 0.4) is 0 Å². The van der Waals surface area contributed by atoms with Gasteiger partial charge in [0.1, 0.15) is 0 Å². The average Bonchev–Trinajstić information content (AvgIpc) is 2.92. The first-order valence-electron chi connectivity index (χ1n) is 6.31. The molecule has 3 rings (SSSR count). The van der Waals surface area contributed by atoms with Crippen molar-refractivity contribution in [1.29, 1.82) is 0 Å². The summed E-state index contributed by atoms with van der Waals surface area (Å²) < 4.78 is 0. The predicted octanol–water partition coefficient (Wildman–Crippen LogP) is 2.52. The second-order valence-electron chi connectivity index (χ2n) is 4.72. The summed E-state index contributed by atoms with van der Waals surface area (Å²) in [5.74, 6) is 0.665. The number of hydrogen-bond acceptors (Lipinski definition) is 4. The third-order valence-electron chi connectivity index (χ3n) is 3.33. The van der Waals surface area contributed by atoms with Crippen molar-refractivity contribution in [3.05, 3.63) is 46.4 Å². The highest BCUT2D eigenvalue weighted by atomic mass is 32.1. The van der Waals surface area contributed by atoms with E-state index in [-0.39, 0.29) is 0 Å². The second-order valence-corrected chi connectivity index (χ2v) is 5.44. The van der Waals surface area contributed by atoms with Crippen molar-refractivity contribution >= 4 is 17.0 Å². The zero-order valence-corrected chi connectivity index (χ0v) is 11.0. The zero-order valence-electron chi connectivity index (χ0n) is 10.2. The fraction of sp³-hybridized carbons (Fsp3) is 0.357. The lowest BCUT2D eigenvalue weighted by molar-refractivity contribution is 0.482. The van der Waals surface area contributed by atoms with Crippen molar-refractivity contribution in [2.45, 2.75) is 13.0 Å². The molecule has 3 nitrogen and oxygen atoms in total. The molecule has 18 heavy (non-hydrogen) atoms. The van der Waals surface area contributed by atoms with Gasteiger partial charge >= 0.3 is 0 Å². The smallest absolute Gasteiger partial charge is 0.0795 e. The number of para-hydroxylation sites is 1. The van der Waals surface area contributed by atoms with Gasteiger partial charge in [-0.1, -0.05) is 18.2 Å². The van der Waals surface area contributed by atoms with Gasteiger partial charge in [-0.2, -0.15) is 0 Å². The van der Waals surface area contributed by atoms with Gasteiger partial charge < -0.3 is 10.6 Å². The van der Waals surface area contributed by atoms with Gasteiger partial charge in [0.2, 0.25) is 0 Å². The molecule has 1 aromatic carbocycles. The summed E-state index contributed by atoms with van der Waals surface area (Å²) in [5, 5.41) is 9.09. The Morgan fingerprint density at radius 3 is 3.22 bits per heavy atom. The molecule has 0 fully saturated rings. The molecule has 1 aliphatic rings. The third kappa shape index (κ3) is 2.71. The number of aromatic nitrogens is 1. The molecule has 0 saturated heterocycles. The predicted molar refractivity (Wildman–Crippen MR) is 75.9 cm³/mol. The summed E-state index contributed by atoms with van der Waals surface area (Å²) in [7, 11) is 0. The SMILES string of the molecule is c1ccc2c(c1)CC(CNCc1cscn1)CN2. The van der Waals surface area contributed by atoms with E-state index in [0.29, 0.717) is 5.92 Å². The van der Waals surface area contributed by atoms with Crippen molar-refractivity contribution in [3.63, 3.8) is 0 Å². The van der Waals surface area contributed by atoms with E-state index < -0.39 is 0 Å². The van der Waals surface area contributed by atoms with Crippen LogP contribution < -0.4 is 10.6 Å². The number of anilines is 1. The van der Waals surface area contributed by atoms with Gasteiger partial charge in [0.25, 0.3) is 0 Å². The first-order valence-corrected chi connectivity index (χ1v) is 7.25. The summed E-state index contributed by atoms with van der Waals surface area (Å²) in [4.78, 5) is 4.28. The number of nitrogens with one attached hydrogen (secondary N) is 2. The summed E-state index contributed by atoms with van der Waals surface area (Å²) in [6.07, 6.45) is 1.16. The maximum absolute atomic E-state index is 4.28. The lowest BCUT2D eigenvalue weighted by Crippen LogP contribution is -2.32. The van der Waals surface area contributed by atoms with E-state index in [9.17, 15) is 0 Å². The Labute approximate surface area is 111 Å². The highest BCUT2D eigenvalue weighted by Gasteiger charge is 2.17. The molecule has 0 spiro atoms. The normalized spacial score (nSPS) is 18.1. The van der Waals surface area contributed by atoms with Crippen LogP contribution in [0.4, 0.5) is 5.69 Å². The molecule has 2 aromatic rings. The van der Waals surface area contributed by atoms with Crippen molar-refractivity contribution in [3.8, 4) is 0 Å². The molecule has 0 amide bonds. The largest absolute Gasteiger partial charge is 0.384 e. The number of rotatable bonds is 4. The zero-order chi connectivity index (χ0) is 12.2.